The molecule has 0 saturated carbocycles. The minimum atomic E-state index is -0.548. The van der Waals surface area contributed by atoms with Crippen LogP contribution in [0.3, 0.4) is 0 Å². The van der Waals surface area contributed by atoms with Crippen molar-refractivity contribution >= 4 is 34.3 Å². The molecule has 6 heteroatoms. The zero-order valence-electron chi connectivity index (χ0n) is 16.7. The van der Waals surface area contributed by atoms with E-state index < -0.39 is 5.60 Å². The Morgan fingerprint density at radius 2 is 1.90 bits per heavy atom. The number of rotatable bonds is 2. The highest BCUT2D eigenvalue weighted by molar-refractivity contribution is 6.05. The molecule has 1 aromatic heterocycles. The number of carbonyl (C=O) groups is 2. The molecule has 2 amide bonds. The SMILES string of the molecule is CC(C)(C)OC(=O)N1CCc2cc(C(=O)Nc3cnc4ccccc4c3)ccc21. The van der Waals surface area contributed by atoms with E-state index in [9.17, 15) is 9.59 Å². The van der Waals surface area contributed by atoms with Crippen LogP contribution in [0.2, 0.25) is 0 Å². The van der Waals surface area contributed by atoms with E-state index in [-0.39, 0.29) is 12.0 Å². The summed E-state index contributed by atoms with van der Waals surface area (Å²) in [6.45, 7) is 6.08. The molecule has 0 fully saturated rings. The van der Waals surface area contributed by atoms with Crippen molar-refractivity contribution in [2.24, 2.45) is 0 Å². The van der Waals surface area contributed by atoms with Gasteiger partial charge in [-0.25, -0.2) is 4.79 Å². The number of pyridine rings is 1. The van der Waals surface area contributed by atoms with E-state index in [1.165, 1.54) is 0 Å². The number of nitrogens with zero attached hydrogens (tertiary/aromatic N) is 2. The van der Waals surface area contributed by atoms with Gasteiger partial charge in [-0.15, -0.1) is 0 Å². The van der Waals surface area contributed by atoms with Crippen molar-refractivity contribution < 1.29 is 14.3 Å². The van der Waals surface area contributed by atoms with Crippen molar-refractivity contribution in [1.82, 2.24) is 4.98 Å². The molecule has 4 rings (SSSR count). The van der Waals surface area contributed by atoms with Crippen molar-refractivity contribution in [3.63, 3.8) is 0 Å². The monoisotopic (exact) mass is 389 g/mol. The molecular formula is C23H23N3O3. The van der Waals surface area contributed by atoms with Gasteiger partial charge in [0.15, 0.2) is 0 Å². The van der Waals surface area contributed by atoms with Crippen LogP contribution >= 0.6 is 0 Å². The van der Waals surface area contributed by atoms with Crippen molar-refractivity contribution in [2.75, 3.05) is 16.8 Å². The van der Waals surface area contributed by atoms with Gasteiger partial charge in [-0.3, -0.25) is 14.7 Å². The molecule has 0 radical (unpaired) electrons. The van der Waals surface area contributed by atoms with Gasteiger partial charge in [0, 0.05) is 17.5 Å². The second-order valence-electron chi connectivity index (χ2n) is 8.10. The van der Waals surface area contributed by atoms with Crippen LogP contribution in [-0.4, -0.2) is 29.1 Å². The van der Waals surface area contributed by atoms with Crippen molar-refractivity contribution in [2.45, 2.75) is 32.8 Å². The normalized spacial score (nSPS) is 13.3. The van der Waals surface area contributed by atoms with Crippen LogP contribution in [0.1, 0.15) is 36.7 Å². The third kappa shape index (κ3) is 4.06. The Morgan fingerprint density at radius 3 is 2.69 bits per heavy atom. The fraction of sp³-hybridized carbons (Fsp3) is 0.261. The van der Waals surface area contributed by atoms with E-state index >= 15 is 0 Å². The first kappa shape index (κ1) is 18.9. The zero-order chi connectivity index (χ0) is 20.6. The molecule has 0 saturated heterocycles. The van der Waals surface area contributed by atoms with Crippen LogP contribution in [0.15, 0.2) is 54.7 Å². The second-order valence-corrected chi connectivity index (χ2v) is 8.10. The first-order valence-electron chi connectivity index (χ1n) is 9.60. The van der Waals surface area contributed by atoms with Gasteiger partial charge in [-0.1, -0.05) is 18.2 Å². The number of carbonyl (C=O) groups excluding carboxylic acids is 2. The maximum absolute atomic E-state index is 12.7. The molecule has 2 aromatic carbocycles. The maximum atomic E-state index is 12.7. The second kappa shape index (κ2) is 7.20. The van der Waals surface area contributed by atoms with Crippen molar-refractivity contribution in [3.05, 3.63) is 65.9 Å². The molecule has 1 aliphatic rings. The lowest BCUT2D eigenvalue weighted by atomic mass is 10.1. The molecule has 0 unspecified atom stereocenters. The predicted molar refractivity (Wildman–Crippen MR) is 113 cm³/mol. The Balaban J connectivity index is 1.51. The van der Waals surface area contributed by atoms with E-state index in [0.29, 0.717) is 24.2 Å². The molecule has 148 valence electrons. The fourth-order valence-corrected chi connectivity index (χ4v) is 3.39. The molecule has 2 heterocycles. The summed E-state index contributed by atoms with van der Waals surface area (Å²) in [7, 11) is 0. The lowest BCUT2D eigenvalue weighted by molar-refractivity contribution is 0.0584. The predicted octanol–water partition coefficient (Wildman–Crippen LogP) is 4.78. The molecule has 0 bridgehead atoms. The van der Waals surface area contributed by atoms with Crippen LogP contribution in [0.25, 0.3) is 10.9 Å². The number of para-hydroxylation sites is 1. The van der Waals surface area contributed by atoms with Crippen LogP contribution in [0, 0.1) is 0 Å². The molecule has 0 spiro atoms. The number of ether oxygens (including phenoxy) is 1. The first-order valence-corrected chi connectivity index (χ1v) is 9.60. The smallest absolute Gasteiger partial charge is 0.414 e. The third-order valence-electron chi connectivity index (χ3n) is 4.70. The molecule has 29 heavy (non-hydrogen) atoms. The summed E-state index contributed by atoms with van der Waals surface area (Å²) in [5, 5.41) is 3.86. The van der Waals surface area contributed by atoms with E-state index in [2.05, 4.69) is 10.3 Å². The molecule has 0 aliphatic carbocycles. The molecule has 1 aliphatic heterocycles. The van der Waals surface area contributed by atoms with Gasteiger partial charge in [0.2, 0.25) is 0 Å². The summed E-state index contributed by atoms with van der Waals surface area (Å²) < 4.78 is 5.47. The molecular weight excluding hydrogens is 366 g/mol. The highest BCUT2D eigenvalue weighted by Crippen LogP contribution is 2.30. The molecule has 1 N–H and O–H groups in total. The Bertz CT molecular complexity index is 1100. The summed E-state index contributed by atoms with van der Waals surface area (Å²) in [5.41, 5.74) is 3.27. The van der Waals surface area contributed by atoms with Crippen LogP contribution in [0.4, 0.5) is 16.2 Å². The fourth-order valence-electron chi connectivity index (χ4n) is 3.39. The van der Waals surface area contributed by atoms with Crippen LogP contribution < -0.4 is 10.2 Å². The number of amides is 2. The molecule has 0 atom stereocenters. The highest BCUT2D eigenvalue weighted by atomic mass is 16.6. The number of nitrogens with one attached hydrogen (secondary N) is 1. The lowest BCUT2D eigenvalue weighted by Gasteiger charge is -2.24. The number of hydrogen-bond donors (Lipinski definition) is 1. The number of fused-ring (bicyclic) bond motifs is 2. The van der Waals surface area contributed by atoms with Gasteiger partial charge in [0.25, 0.3) is 5.91 Å². The highest BCUT2D eigenvalue weighted by Gasteiger charge is 2.29. The Kier molecular flexibility index (Phi) is 4.70. The zero-order valence-corrected chi connectivity index (χ0v) is 16.7. The summed E-state index contributed by atoms with van der Waals surface area (Å²) in [4.78, 5) is 31.1. The van der Waals surface area contributed by atoms with E-state index in [0.717, 1.165) is 22.2 Å². The molecule has 6 nitrogen and oxygen atoms in total. The molecule has 3 aromatic rings. The number of hydrogen-bond acceptors (Lipinski definition) is 4. The van der Waals surface area contributed by atoms with Crippen molar-refractivity contribution in [1.29, 1.82) is 0 Å². The average molecular weight is 389 g/mol. The Morgan fingerprint density at radius 1 is 1.10 bits per heavy atom. The summed E-state index contributed by atoms with van der Waals surface area (Å²) in [6, 6.07) is 15.0. The summed E-state index contributed by atoms with van der Waals surface area (Å²) in [5.74, 6) is -0.208. The number of aromatic nitrogens is 1. The summed E-state index contributed by atoms with van der Waals surface area (Å²) >= 11 is 0. The minimum Gasteiger partial charge on any atom is -0.443 e. The third-order valence-corrected chi connectivity index (χ3v) is 4.70. The van der Waals surface area contributed by atoms with Crippen LogP contribution in [-0.2, 0) is 11.2 Å². The first-order chi connectivity index (χ1) is 13.8. The van der Waals surface area contributed by atoms with Gasteiger partial charge in [0.05, 0.1) is 23.1 Å². The minimum absolute atomic E-state index is 0.208. The van der Waals surface area contributed by atoms with E-state index in [1.54, 1.807) is 23.2 Å². The number of benzene rings is 2. The summed E-state index contributed by atoms with van der Waals surface area (Å²) in [6.07, 6.45) is 1.97. The largest absolute Gasteiger partial charge is 0.443 e. The van der Waals surface area contributed by atoms with Gasteiger partial charge < -0.3 is 10.1 Å². The van der Waals surface area contributed by atoms with Crippen LogP contribution in [0.5, 0.6) is 0 Å². The standard InChI is InChI=1S/C23H23N3O3/c1-23(2,3)29-22(28)26-11-10-16-12-17(8-9-20(16)26)21(27)25-18-13-15-6-4-5-7-19(15)24-14-18/h4-9,12-14H,10-11H2,1-3H3,(H,25,27). The maximum Gasteiger partial charge on any atom is 0.414 e. The van der Waals surface area contributed by atoms with Gasteiger partial charge in [0.1, 0.15) is 5.60 Å². The Labute approximate surface area is 169 Å². The Hall–Kier alpha value is -3.41. The van der Waals surface area contributed by atoms with Crippen molar-refractivity contribution in [3.8, 4) is 0 Å². The van der Waals surface area contributed by atoms with Gasteiger partial charge >= 0.3 is 6.09 Å². The average Bonchev–Trinajstić information content (AvgIpc) is 3.10. The van der Waals surface area contributed by atoms with Gasteiger partial charge in [-0.2, -0.15) is 0 Å². The quantitative estimate of drug-likeness (QED) is 0.684. The van der Waals surface area contributed by atoms with E-state index in [4.69, 9.17) is 4.74 Å². The topological polar surface area (TPSA) is 71.5 Å². The lowest BCUT2D eigenvalue weighted by Crippen LogP contribution is -2.35. The van der Waals surface area contributed by atoms with Gasteiger partial charge in [-0.05, 0) is 63.1 Å². The number of anilines is 2. The van der Waals surface area contributed by atoms with E-state index in [1.807, 2.05) is 57.2 Å².